The fourth-order valence-electron chi connectivity index (χ4n) is 3.61. The number of pyridine rings is 1. The van der Waals surface area contributed by atoms with Crippen LogP contribution in [0.4, 0.5) is 0 Å². The van der Waals surface area contributed by atoms with Gasteiger partial charge in [-0.05, 0) is 54.5 Å². The van der Waals surface area contributed by atoms with E-state index in [0.717, 1.165) is 33.7 Å². The summed E-state index contributed by atoms with van der Waals surface area (Å²) in [6.45, 7) is 0.556. The van der Waals surface area contributed by atoms with Crippen LogP contribution in [0.1, 0.15) is 52.4 Å². The highest BCUT2D eigenvalue weighted by molar-refractivity contribution is 9.10. The topological polar surface area (TPSA) is 52.2 Å². The number of Topliss-reactive ketones (excluding diaryl/α,β-unsaturated/α-hetero) is 1. The first-order valence-corrected chi connectivity index (χ1v) is 10.7. The van der Waals surface area contributed by atoms with Gasteiger partial charge in [0.1, 0.15) is 5.65 Å². The van der Waals surface area contributed by atoms with Crippen LogP contribution < -0.4 is 0 Å². The van der Waals surface area contributed by atoms with Crippen LogP contribution in [-0.2, 0) is 13.0 Å². The van der Waals surface area contributed by atoms with E-state index in [1.165, 1.54) is 18.4 Å². The number of nitrogens with zero attached hydrogens (tertiary/aromatic N) is 4. The Morgan fingerprint density at radius 2 is 1.90 bits per heavy atom. The molecule has 0 amide bonds. The number of benzene rings is 1. The van der Waals surface area contributed by atoms with E-state index >= 15 is 0 Å². The Kier molecular flexibility index (Phi) is 4.79. The van der Waals surface area contributed by atoms with Crippen LogP contribution in [0.5, 0.6) is 0 Å². The third-order valence-corrected chi connectivity index (χ3v) is 5.93. The molecule has 0 atom stereocenters. The number of hydrogen-bond donors (Lipinski definition) is 0. The van der Waals surface area contributed by atoms with Crippen LogP contribution in [0.2, 0.25) is 0 Å². The van der Waals surface area contributed by atoms with Gasteiger partial charge in [0.15, 0.2) is 5.78 Å². The summed E-state index contributed by atoms with van der Waals surface area (Å²) in [5.41, 5.74) is 5.09. The molecule has 3 heterocycles. The monoisotopic (exact) mass is 448 g/mol. The summed E-state index contributed by atoms with van der Waals surface area (Å²) in [5.74, 6) is 0.839. The minimum atomic E-state index is 0.114. The van der Waals surface area contributed by atoms with Gasteiger partial charge in [-0.3, -0.25) is 9.48 Å². The van der Waals surface area contributed by atoms with Gasteiger partial charge in [0.25, 0.3) is 0 Å². The molecule has 0 radical (unpaired) electrons. The van der Waals surface area contributed by atoms with Crippen molar-refractivity contribution in [1.82, 2.24) is 19.2 Å². The minimum Gasteiger partial charge on any atom is -0.306 e. The average Bonchev–Trinajstić information content (AvgIpc) is 3.34. The highest BCUT2D eigenvalue weighted by atomic mass is 79.9. The van der Waals surface area contributed by atoms with Crippen molar-refractivity contribution in [3.63, 3.8) is 0 Å². The van der Waals surface area contributed by atoms with Crippen molar-refractivity contribution in [3.8, 4) is 0 Å². The lowest BCUT2D eigenvalue weighted by molar-refractivity contribution is 0.0982. The third kappa shape index (κ3) is 4.17. The molecule has 0 N–H and O–H groups in total. The van der Waals surface area contributed by atoms with Gasteiger partial charge in [-0.25, -0.2) is 4.98 Å². The fraction of sp³-hybridized carbons (Fsp3) is 0.261. The van der Waals surface area contributed by atoms with Gasteiger partial charge in [-0.2, -0.15) is 5.10 Å². The number of aryl methyl sites for hydroxylation is 1. The standard InChI is InChI=1S/C23H21BrN4O/c24-20-7-1-16(2-8-20)3-9-22(29)19-11-25-28(13-19)15-21-14-27-12-18(17-4-5-17)6-10-23(27)26-21/h1-2,6-8,10-14,17H,3-5,9,15H2. The highest BCUT2D eigenvalue weighted by Gasteiger charge is 2.23. The summed E-state index contributed by atoms with van der Waals surface area (Å²) in [6, 6.07) is 12.3. The van der Waals surface area contributed by atoms with Crippen LogP contribution in [-0.4, -0.2) is 24.9 Å². The summed E-state index contributed by atoms with van der Waals surface area (Å²) in [4.78, 5) is 17.2. The normalized spacial score (nSPS) is 13.8. The Morgan fingerprint density at radius 1 is 1.07 bits per heavy atom. The molecule has 1 aliphatic rings. The summed E-state index contributed by atoms with van der Waals surface area (Å²) < 4.78 is 4.93. The van der Waals surface area contributed by atoms with Crippen LogP contribution in [0.25, 0.3) is 5.65 Å². The Morgan fingerprint density at radius 3 is 2.69 bits per heavy atom. The van der Waals surface area contributed by atoms with E-state index in [4.69, 9.17) is 0 Å². The van der Waals surface area contributed by atoms with E-state index in [0.29, 0.717) is 18.5 Å². The number of hydrogen-bond acceptors (Lipinski definition) is 3. The van der Waals surface area contributed by atoms with Gasteiger partial charge < -0.3 is 4.40 Å². The second kappa shape index (κ2) is 7.59. The van der Waals surface area contributed by atoms with E-state index in [1.54, 1.807) is 10.9 Å². The van der Waals surface area contributed by atoms with Gasteiger partial charge in [0.2, 0.25) is 0 Å². The molecule has 0 aliphatic heterocycles. The third-order valence-electron chi connectivity index (χ3n) is 5.41. The molecule has 1 saturated carbocycles. The summed E-state index contributed by atoms with van der Waals surface area (Å²) >= 11 is 3.43. The predicted octanol–water partition coefficient (Wildman–Crippen LogP) is 5.03. The maximum Gasteiger partial charge on any atom is 0.166 e. The number of ketones is 1. The minimum absolute atomic E-state index is 0.114. The largest absolute Gasteiger partial charge is 0.306 e. The lowest BCUT2D eigenvalue weighted by Gasteiger charge is -2.00. The van der Waals surface area contributed by atoms with Gasteiger partial charge in [-0.15, -0.1) is 0 Å². The second-order valence-electron chi connectivity index (χ2n) is 7.71. The van der Waals surface area contributed by atoms with Crippen LogP contribution in [0.15, 0.2) is 65.7 Å². The number of aromatic nitrogens is 4. The Bertz CT molecular complexity index is 1170. The lowest BCUT2D eigenvalue weighted by atomic mass is 10.1. The first kappa shape index (κ1) is 18.3. The highest BCUT2D eigenvalue weighted by Crippen LogP contribution is 2.39. The number of carbonyl (C=O) groups excluding carboxylic acids is 1. The second-order valence-corrected chi connectivity index (χ2v) is 8.63. The molecule has 1 aliphatic carbocycles. The number of fused-ring (bicyclic) bond motifs is 1. The van der Waals surface area contributed by atoms with E-state index < -0.39 is 0 Å². The van der Waals surface area contributed by atoms with Crippen molar-refractivity contribution in [3.05, 3.63) is 88.0 Å². The van der Waals surface area contributed by atoms with Crippen molar-refractivity contribution >= 4 is 27.4 Å². The maximum atomic E-state index is 12.5. The van der Waals surface area contributed by atoms with Gasteiger partial charge >= 0.3 is 0 Å². The Labute approximate surface area is 177 Å². The summed E-state index contributed by atoms with van der Waals surface area (Å²) in [6.07, 6.45) is 11.5. The van der Waals surface area contributed by atoms with E-state index in [9.17, 15) is 4.79 Å². The smallest absolute Gasteiger partial charge is 0.166 e. The number of imidazole rings is 1. The lowest BCUT2D eigenvalue weighted by Crippen LogP contribution is -2.02. The van der Waals surface area contributed by atoms with Crippen molar-refractivity contribution < 1.29 is 4.79 Å². The molecule has 0 saturated heterocycles. The number of carbonyl (C=O) groups is 1. The van der Waals surface area contributed by atoms with E-state index in [1.807, 2.05) is 30.5 Å². The summed E-state index contributed by atoms with van der Waals surface area (Å²) in [7, 11) is 0. The fourth-order valence-corrected chi connectivity index (χ4v) is 3.87. The molecule has 3 aromatic heterocycles. The molecule has 6 heteroatoms. The van der Waals surface area contributed by atoms with Gasteiger partial charge in [0, 0.05) is 29.5 Å². The molecule has 4 aromatic rings. The number of rotatable bonds is 7. The first-order chi connectivity index (χ1) is 14.1. The Balaban J connectivity index is 1.24. The maximum absolute atomic E-state index is 12.5. The van der Waals surface area contributed by atoms with Crippen LogP contribution >= 0.6 is 15.9 Å². The molecule has 0 unspecified atom stereocenters. The van der Waals surface area contributed by atoms with Crippen molar-refractivity contribution in [2.24, 2.45) is 0 Å². The zero-order valence-corrected chi connectivity index (χ0v) is 17.5. The van der Waals surface area contributed by atoms with Crippen molar-refractivity contribution in [2.45, 2.75) is 38.1 Å². The molecule has 1 aromatic carbocycles. The predicted molar refractivity (Wildman–Crippen MR) is 115 cm³/mol. The SMILES string of the molecule is O=C(CCc1ccc(Br)cc1)c1cnn(Cc2cn3cc(C4CC4)ccc3n2)c1. The van der Waals surface area contributed by atoms with Crippen molar-refractivity contribution in [1.29, 1.82) is 0 Å². The molecular weight excluding hydrogens is 428 g/mol. The molecule has 0 bridgehead atoms. The zero-order valence-electron chi connectivity index (χ0n) is 16.0. The van der Waals surface area contributed by atoms with E-state index in [2.05, 4.69) is 54.9 Å². The average molecular weight is 449 g/mol. The molecule has 29 heavy (non-hydrogen) atoms. The van der Waals surface area contributed by atoms with Crippen LogP contribution in [0, 0.1) is 0 Å². The first-order valence-electron chi connectivity index (χ1n) is 9.92. The quantitative estimate of drug-likeness (QED) is 0.372. The number of halogens is 1. The summed E-state index contributed by atoms with van der Waals surface area (Å²) in [5, 5.41) is 4.37. The van der Waals surface area contributed by atoms with Crippen molar-refractivity contribution in [2.75, 3.05) is 0 Å². The Hall–Kier alpha value is -2.73. The molecule has 1 fully saturated rings. The van der Waals surface area contributed by atoms with Crippen LogP contribution in [0.3, 0.4) is 0 Å². The van der Waals surface area contributed by atoms with Gasteiger partial charge in [0.05, 0.1) is 24.0 Å². The van der Waals surface area contributed by atoms with E-state index in [-0.39, 0.29) is 5.78 Å². The zero-order chi connectivity index (χ0) is 19.8. The van der Waals surface area contributed by atoms with Gasteiger partial charge in [-0.1, -0.05) is 34.1 Å². The molecule has 5 rings (SSSR count). The molecule has 5 nitrogen and oxygen atoms in total. The molecule has 0 spiro atoms. The molecular formula is C23H21BrN4O. The molecule has 146 valence electrons.